The quantitative estimate of drug-likeness (QED) is 0.201. The fourth-order valence-electron chi connectivity index (χ4n) is 4.57. The van der Waals surface area contributed by atoms with Crippen molar-refractivity contribution in [1.29, 1.82) is 0 Å². The van der Waals surface area contributed by atoms with Crippen molar-refractivity contribution in [2.45, 2.75) is 61.4 Å². The van der Waals surface area contributed by atoms with Gasteiger partial charge in [0.05, 0.1) is 0 Å². The summed E-state index contributed by atoms with van der Waals surface area (Å²) in [7, 11) is 11.9. The second kappa shape index (κ2) is 16.4. The van der Waals surface area contributed by atoms with Crippen molar-refractivity contribution < 1.29 is 66.4 Å². The summed E-state index contributed by atoms with van der Waals surface area (Å²) < 4.78 is 65.7. The topological polar surface area (TPSA) is 145 Å². The molecule has 0 radical (unpaired) electrons. The highest BCUT2D eigenvalue weighted by atomic mass is 16.7. The number of ether oxygens (including phenoxy) is 12. The van der Waals surface area contributed by atoms with Gasteiger partial charge in [-0.2, -0.15) is 0 Å². The van der Waals surface area contributed by atoms with Crippen LogP contribution in [0.15, 0.2) is 12.2 Å². The predicted octanol–water partition coefficient (Wildman–Crippen LogP) is -0.538. The summed E-state index contributed by atoms with van der Waals surface area (Å²) in [6, 6.07) is 0. The number of hydrogen-bond acceptors (Lipinski definition) is 14. The largest absolute Gasteiger partial charge is 0.460 e. The number of carbonyl (C=O) groups is 2. The molecule has 2 rings (SSSR count). The third kappa shape index (κ3) is 7.91. The lowest BCUT2D eigenvalue weighted by atomic mass is 9.98. The van der Waals surface area contributed by atoms with Gasteiger partial charge in [-0.3, -0.25) is 0 Å². The zero-order valence-electron chi connectivity index (χ0n) is 23.1. The van der Waals surface area contributed by atoms with Gasteiger partial charge in [0.2, 0.25) is 0 Å². The van der Waals surface area contributed by atoms with Gasteiger partial charge in [0.15, 0.2) is 12.6 Å². The summed E-state index contributed by atoms with van der Waals surface area (Å²) >= 11 is 0. The van der Waals surface area contributed by atoms with Gasteiger partial charge in [0, 0.05) is 69.0 Å². The Morgan fingerprint density at radius 1 is 0.500 bits per heavy atom. The van der Waals surface area contributed by atoms with E-state index in [1.165, 1.54) is 56.9 Å². The Hall–Kier alpha value is -1.72. The van der Waals surface area contributed by atoms with Crippen LogP contribution >= 0.6 is 0 Å². The summed E-state index contributed by atoms with van der Waals surface area (Å²) in [4.78, 5) is 24.5. The fraction of sp³-hybridized carbons (Fsp3) is 0.833. The monoisotopic (exact) mass is 552 g/mol. The fourth-order valence-corrected chi connectivity index (χ4v) is 4.57. The van der Waals surface area contributed by atoms with Crippen LogP contribution in [0.2, 0.25) is 0 Å². The molecule has 38 heavy (non-hydrogen) atoms. The molecule has 10 atom stereocenters. The van der Waals surface area contributed by atoms with Crippen LogP contribution in [0.4, 0.5) is 0 Å². The molecule has 0 spiro atoms. The highest BCUT2D eigenvalue weighted by molar-refractivity contribution is 5.91. The van der Waals surface area contributed by atoms with Gasteiger partial charge in [-0.05, 0) is 0 Å². The van der Waals surface area contributed by atoms with Gasteiger partial charge in [0.1, 0.15) is 62.0 Å². The normalized spacial score (nSPS) is 35.8. The molecule has 0 bridgehead atoms. The zero-order valence-corrected chi connectivity index (χ0v) is 23.1. The molecule has 0 aromatic carbocycles. The Labute approximate surface area is 222 Å². The van der Waals surface area contributed by atoms with Crippen LogP contribution in [0.1, 0.15) is 0 Å². The van der Waals surface area contributed by atoms with Crippen molar-refractivity contribution in [3.8, 4) is 0 Å². The first-order chi connectivity index (χ1) is 18.3. The molecule has 0 saturated carbocycles. The van der Waals surface area contributed by atoms with Crippen LogP contribution in [-0.4, -0.2) is 143 Å². The number of esters is 2. The summed E-state index contributed by atoms with van der Waals surface area (Å²) in [6.45, 7) is -0.369. The Bertz CT molecular complexity index is 688. The Morgan fingerprint density at radius 2 is 0.816 bits per heavy atom. The molecule has 0 aliphatic carbocycles. The minimum Gasteiger partial charge on any atom is -0.460 e. The van der Waals surface area contributed by atoms with Crippen molar-refractivity contribution in [1.82, 2.24) is 0 Å². The van der Waals surface area contributed by atoms with E-state index in [0.717, 1.165) is 12.2 Å². The molecule has 0 amide bonds. The molecular formula is C24H40O14. The zero-order chi connectivity index (χ0) is 28.2. The number of hydrogen-bond donors (Lipinski definition) is 0. The second-order valence-electron chi connectivity index (χ2n) is 8.35. The molecule has 2 heterocycles. The maximum Gasteiger partial charge on any atom is 0.331 e. The molecule has 0 unspecified atom stereocenters. The van der Waals surface area contributed by atoms with Gasteiger partial charge in [-0.25, -0.2) is 9.59 Å². The first-order valence-electron chi connectivity index (χ1n) is 11.9. The van der Waals surface area contributed by atoms with E-state index in [9.17, 15) is 9.59 Å². The first kappa shape index (κ1) is 32.5. The molecule has 2 aliphatic rings. The van der Waals surface area contributed by atoms with Gasteiger partial charge in [0.25, 0.3) is 0 Å². The summed E-state index contributed by atoms with van der Waals surface area (Å²) in [5.41, 5.74) is 0. The van der Waals surface area contributed by atoms with Crippen molar-refractivity contribution >= 4 is 11.9 Å². The molecule has 2 saturated heterocycles. The van der Waals surface area contributed by atoms with E-state index in [-0.39, 0.29) is 13.2 Å². The standard InChI is InChI=1S/C24H40O14/c1-27-17-13(37-23(33-7)21(31-5)19(17)29-3)11-35-15(25)9-10-16(26)36-12-14-18(28-2)20(30-4)22(32-6)24(34-8)38-14/h9-10,13-14,17-24H,11-12H2,1-8H3/b10-9-/t13-,14-,17-,18-,19+,20+,21-,22-,23-,24-/m1/s1. The van der Waals surface area contributed by atoms with Crippen LogP contribution in [0.5, 0.6) is 0 Å². The highest BCUT2D eigenvalue weighted by Gasteiger charge is 2.49. The maximum atomic E-state index is 12.3. The van der Waals surface area contributed by atoms with Gasteiger partial charge in [-0.1, -0.05) is 0 Å². The lowest BCUT2D eigenvalue weighted by molar-refractivity contribution is -0.307. The summed E-state index contributed by atoms with van der Waals surface area (Å²) in [6.07, 6.45) is -4.46. The van der Waals surface area contributed by atoms with Crippen molar-refractivity contribution in [3.63, 3.8) is 0 Å². The SMILES string of the molecule is CO[C@@H]1O[C@H](COC(=O)/C=C\C(=O)OC[C@H]2O[C@@H](OC)[C@H](OC)[C@@H](OC)[C@@H]2OC)[C@@H](OC)[C@H](OC)[C@H]1OC. The van der Waals surface area contributed by atoms with Crippen molar-refractivity contribution in [2.24, 2.45) is 0 Å². The third-order valence-corrected chi connectivity index (χ3v) is 6.42. The average Bonchev–Trinajstić information content (AvgIpc) is 2.95. The molecule has 0 N–H and O–H groups in total. The minimum atomic E-state index is -0.789. The molecule has 14 nitrogen and oxygen atoms in total. The molecular weight excluding hydrogens is 512 g/mol. The number of methoxy groups -OCH3 is 8. The van der Waals surface area contributed by atoms with Gasteiger partial charge in [-0.15, -0.1) is 0 Å². The first-order valence-corrected chi connectivity index (χ1v) is 11.9. The van der Waals surface area contributed by atoms with E-state index in [0.29, 0.717) is 0 Å². The van der Waals surface area contributed by atoms with E-state index in [1.807, 2.05) is 0 Å². The molecule has 14 heteroatoms. The predicted molar refractivity (Wildman–Crippen MR) is 127 cm³/mol. The summed E-state index contributed by atoms with van der Waals surface area (Å²) in [5.74, 6) is -1.58. The Kier molecular flexibility index (Phi) is 14.0. The van der Waals surface area contributed by atoms with E-state index in [4.69, 9.17) is 56.8 Å². The lowest BCUT2D eigenvalue weighted by Crippen LogP contribution is -2.61. The maximum absolute atomic E-state index is 12.3. The number of rotatable bonds is 14. The van der Waals surface area contributed by atoms with E-state index in [2.05, 4.69) is 0 Å². The van der Waals surface area contributed by atoms with Crippen molar-refractivity contribution in [2.75, 3.05) is 70.1 Å². The lowest BCUT2D eigenvalue weighted by Gasteiger charge is -2.43. The van der Waals surface area contributed by atoms with Crippen LogP contribution in [0.3, 0.4) is 0 Å². The van der Waals surface area contributed by atoms with E-state index in [1.54, 1.807) is 0 Å². The molecule has 220 valence electrons. The average molecular weight is 553 g/mol. The van der Waals surface area contributed by atoms with Crippen LogP contribution in [0.25, 0.3) is 0 Å². The van der Waals surface area contributed by atoms with Crippen LogP contribution in [-0.2, 0) is 66.4 Å². The molecule has 2 aliphatic heterocycles. The van der Waals surface area contributed by atoms with Gasteiger partial charge >= 0.3 is 11.9 Å². The second-order valence-corrected chi connectivity index (χ2v) is 8.35. The smallest absolute Gasteiger partial charge is 0.331 e. The Morgan fingerprint density at radius 3 is 1.08 bits per heavy atom. The summed E-state index contributed by atoms with van der Waals surface area (Å²) in [5, 5.41) is 0. The molecule has 0 aromatic heterocycles. The van der Waals surface area contributed by atoms with Crippen LogP contribution < -0.4 is 0 Å². The minimum absolute atomic E-state index is 0.185. The molecule has 2 fully saturated rings. The van der Waals surface area contributed by atoms with Crippen LogP contribution in [0, 0.1) is 0 Å². The van der Waals surface area contributed by atoms with Crippen molar-refractivity contribution in [3.05, 3.63) is 12.2 Å². The van der Waals surface area contributed by atoms with E-state index < -0.39 is 73.4 Å². The Balaban J connectivity index is 1.91. The van der Waals surface area contributed by atoms with Gasteiger partial charge < -0.3 is 56.8 Å². The molecule has 0 aromatic rings. The third-order valence-electron chi connectivity index (χ3n) is 6.42. The number of carbonyl (C=O) groups excluding carboxylic acids is 2. The highest BCUT2D eigenvalue weighted by Crippen LogP contribution is 2.29. The van der Waals surface area contributed by atoms with E-state index >= 15 is 0 Å².